The first-order valence-corrected chi connectivity index (χ1v) is 5.65. The van der Waals surface area contributed by atoms with E-state index in [-0.39, 0.29) is 31.3 Å². The number of hydrogen-bond acceptors (Lipinski definition) is 2. The Morgan fingerprint density at radius 2 is 2.12 bits per heavy atom. The van der Waals surface area contributed by atoms with Crippen LogP contribution in [0.25, 0.3) is 0 Å². The van der Waals surface area contributed by atoms with E-state index in [0.29, 0.717) is 5.92 Å². The van der Waals surface area contributed by atoms with E-state index in [4.69, 9.17) is 5.11 Å². The van der Waals surface area contributed by atoms with Crippen molar-refractivity contribution in [1.29, 1.82) is 0 Å². The predicted molar refractivity (Wildman–Crippen MR) is 54.6 cm³/mol. The van der Waals surface area contributed by atoms with Gasteiger partial charge in [0.15, 0.2) is 0 Å². The number of halogens is 1. The van der Waals surface area contributed by atoms with E-state index in [9.17, 15) is 14.0 Å². The molecular formula is C11H16FNO3. The van der Waals surface area contributed by atoms with Gasteiger partial charge in [0.05, 0.1) is 6.54 Å². The van der Waals surface area contributed by atoms with Crippen LogP contribution in [-0.2, 0) is 9.59 Å². The third-order valence-corrected chi connectivity index (χ3v) is 3.63. The average molecular weight is 229 g/mol. The molecule has 0 spiro atoms. The van der Waals surface area contributed by atoms with Gasteiger partial charge in [-0.05, 0) is 18.8 Å². The van der Waals surface area contributed by atoms with E-state index in [1.165, 1.54) is 4.90 Å². The van der Waals surface area contributed by atoms with Crippen LogP contribution in [-0.4, -0.2) is 40.6 Å². The van der Waals surface area contributed by atoms with Gasteiger partial charge in [-0.2, -0.15) is 0 Å². The minimum Gasteiger partial charge on any atom is -0.479 e. The topological polar surface area (TPSA) is 57.6 Å². The SMILES string of the molecule is CC(C(=O)N1CCC(F)(C(=O)O)C1)C1CC1. The highest BCUT2D eigenvalue weighted by Crippen LogP contribution is 2.38. The lowest BCUT2D eigenvalue weighted by Gasteiger charge is -2.21. The van der Waals surface area contributed by atoms with Crippen molar-refractivity contribution in [2.45, 2.75) is 31.9 Å². The molecule has 0 aromatic carbocycles. The first kappa shape index (κ1) is 11.4. The second kappa shape index (κ2) is 3.71. The molecule has 1 aliphatic carbocycles. The fourth-order valence-corrected chi connectivity index (χ4v) is 2.22. The van der Waals surface area contributed by atoms with Crippen molar-refractivity contribution in [2.24, 2.45) is 11.8 Å². The molecule has 4 nitrogen and oxygen atoms in total. The highest BCUT2D eigenvalue weighted by molar-refractivity contribution is 5.83. The van der Waals surface area contributed by atoms with E-state index in [1.54, 1.807) is 0 Å². The molecule has 1 saturated carbocycles. The van der Waals surface area contributed by atoms with Gasteiger partial charge in [-0.15, -0.1) is 0 Å². The maximum absolute atomic E-state index is 13.7. The minimum atomic E-state index is -2.24. The zero-order chi connectivity index (χ0) is 11.9. The fourth-order valence-electron chi connectivity index (χ4n) is 2.22. The van der Waals surface area contributed by atoms with E-state index in [2.05, 4.69) is 0 Å². The van der Waals surface area contributed by atoms with Crippen LogP contribution in [0.1, 0.15) is 26.2 Å². The molecule has 1 saturated heterocycles. The van der Waals surface area contributed by atoms with Crippen LogP contribution >= 0.6 is 0 Å². The van der Waals surface area contributed by atoms with Crippen molar-refractivity contribution in [3.63, 3.8) is 0 Å². The van der Waals surface area contributed by atoms with Crippen molar-refractivity contribution in [3.05, 3.63) is 0 Å². The smallest absolute Gasteiger partial charge is 0.343 e. The number of amides is 1. The molecule has 2 atom stereocenters. The zero-order valence-corrected chi connectivity index (χ0v) is 9.28. The molecule has 1 N–H and O–H groups in total. The standard InChI is InChI=1S/C11H16FNO3/c1-7(8-2-3-8)9(14)13-5-4-11(12,6-13)10(15)16/h7-8H,2-6H2,1H3,(H,15,16). The molecule has 2 fully saturated rings. The summed E-state index contributed by atoms with van der Waals surface area (Å²) in [6, 6.07) is 0. The number of carboxylic acids is 1. The zero-order valence-electron chi connectivity index (χ0n) is 9.28. The van der Waals surface area contributed by atoms with Gasteiger partial charge < -0.3 is 10.0 Å². The van der Waals surface area contributed by atoms with Gasteiger partial charge in [-0.1, -0.05) is 6.92 Å². The van der Waals surface area contributed by atoms with Crippen molar-refractivity contribution in [2.75, 3.05) is 13.1 Å². The summed E-state index contributed by atoms with van der Waals surface area (Å²) in [6.07, 6.45) is 2.02. The molecule has 0 aromatic heterocycles. The first-order chi connectivity index (χ1) is 7.44. The molecule has 0 aromatic rings. The Morgan fingerprint density at radius 1 is 1.50 bits per heavy atom. The van der Waals surface area contributed by atoms with Crippen LogP contribution in [0, 0.1) is 11.8 Å². The van der Waals surface area contributed by atoms with E-state index < -0.39 is 11.6 Å². The number of rotatable bonds is 3. The summed E-state index contributed by atoms with van der Waals surface area (Å²) in [5, 5.41) is 8.72. The molecule has 90 valence electrons. The monoisotopic (exact) mass is 229 g/mol. The number of nitrogens with zero attached hydrogens (tertiary/aromatic N) is 1. The molecule has 2 unspecified atom stereocenters. The number of carbonyl (C=O) groups is 2. The largest absolute Gasteiger partial charge is 0.479 e. The Labute approximate surface area is 93.4 Å². The van der Waals surface area contributed by atoms with Gasteiger partial charge in [0.25, 0.3) is 0 Å². The van der Waals surface area contributed by atoms with Crippen LogP contribution in [0.2, 0.25) is 0 Å². The van der Waals surface area contributed by atoms with Crippen molar-refractivity contribution < 1.29 is 19.1 Å². The van der Waals surface area contributed by atoms with Crippen molar-refractivity contribution >= 4 is 11.9 Å². The molecule has 1 aliphatic heterocycles. The minimum absolute atomic E-state index is 0.0869. The quantitative estimate of drug-likeness (QED) is 0.787. The highest BCUT2D eigenvalue weighted by atomic mass is 19.1. The summed E-state index contributed by atoms with van der Waals surface area (Å²) in [4.78, 5) is 24.0. The summed E-state index contributed by atoms with van der Waals surface area (Å²) in [7, 11) is 0. The Hall–Kier alpha value is -1.13. The molecule has 0 radical (unpaired) electrons. The number of aliphatic carboxylic acids is 1. The summed E-state index contributed by atoms with van der Waals surface area (Å²) in [5.41, 5.74) is -2.24. The molecule has 16 heavy (non-hydrogen) atoms. The third-order valence-electron chi connectivity index (χ3n) is 3.63. The van der Waals surface area contributed by atoms with Crippen LogP contribution in [0.4, 0.5) is 4.39 Å². The van der Waals surface area contributed by atoms with Gasteiger partial charge in [-0.25, -0.2) is 9.18 Å². The maximum atomic E-state index is 13.7. The second-order valence-corrected chi connectivity index (χ2v) is 4.91. The Kier molecular flexibility index (Phi) is 2.64. The number of carboxylic acid groups (broad SMARTS) is 1. The van der Waals surface area contributed by atoms with Crippen LogP contribution < -0.4 is 0 Å². The number of hydrogen-bond donors (Lipinski definition) is 1. The summed E-state index contributed by atoms with van der Waals surface area (Å²) >= 11 is 0. The van der Waals surface area contributed by atoms with Crippen LogP contribution in [0.5, 0.6) is 0 Å². The summed E-state index contributed by atoms with van der Waals surface area (Å²) < 4.78 is 13.7. The Balaban J connectivity index is 1.97. The number of carbonyl (C=O) groups excluding carboxylic acids is 1. The first-order valence-electron chi connectivity index (χ1n) is 5.65. The fraction of sp³-hybridized carbons (Fsp3) is 0.818. The van der Waals surface area contributed by atoms with Crippen LogP contribution in [0.3, 0.4) is 0 Å². The van der Waals surface area contributed by atoms with Gasteiger partial charge in [0.2, 0.25) is 11.6 Å². The molecule has 0 bridgehead atoms. The van der Waals surface area contributed by atoms with Crippen molar-refractivity contribution in [1.82, 2.24) is 4.90 Å². The van der Waals surface area contributed by atoms with E-state index >= 15 is 0 Å². The Bertz CT molecular complexity index is 329. The van der Waals surface area contributed by atoms with E-state index in [1.807, 2.05) is 6.92 Å². The summed E-state index contributed by atoms with van der Waals surface area (Å²) in [5.74, 6) is -1.21. The molecule has 2 aliphatic rings. The average Bonchev–Trinajstić information content (AvgIpc) is 3.00. The highest BCUT2D eigenvalue weighted by Gasteiger charge is 2.48. The summed E-state index contributed by atoms with van der Waals surface area (Å²) in [6.45, 7) is 1.77. The van der Waals surface area contributed by atoms with Gasteiger partial charge in [-0.3, -0.25) is 4.79 Å². The number of likely N-dealkylation sites (tertiary alicyclic amines) is 1. The van der Waals surface area contributed by atoms with Gasteiger partial charge in [0.1, 0.15) is 0 Å². The molecule has 1 heterocycles. The molecule has 1 amide bonds. The lowest BCUT2D eigenvalue weighted by atomic mass is 10.0. The number of alkyl halides is 1. The third kappa shape index (κ3) is 1.90. The van der Waals surface area contributed by atoms with Crippen molar-refractivity contribution in [3.8, 4) is 0 Å². The van der Waals surface area contributed by atoms with Gasteiger partial charge >= 0.3 is 5.97 Å². The molecular weight excluding hydrogens is 213 g/mol. The molecule has 5 heteroatoms. The Morgan fingerprint density at radius 3 is 2.56 bits per heavy atom. The second-order valence-electron chi connectivity index (χ2n) is 4.91. The van der Waals surface area contributed by atoms with Crippen LogP contribution in [0.15, 0.2) is 0 Å². The lowest BCUT2D eigenvalue weighted by molar-refractivity contribution is -0.150. The maximum Gasteiger partial charge on any atom is 0.343 e. The molecule has 2 rings (SSSR count). The van der Waals surface area contributed by atoms with E-state index in [0.717, 1.165) is 12.8 Å². The normalized spacial score (nSPS) is 31.5. The lowest BCUT2D eigenvalue weighted by Crippen LogP contribution is -2.40. The van der Waals surface area contributed by atoms with Gasteiger partial charge in [0, 0.05) is 18.9 Å². The predicted octanol–water partition coefficient (Wildman–Crippen LogP) is 1.06.